The number of likely N-dealkylation sites (tertiary alicyclic amines) is 1. The Bertz CT molecular complexity index is 495. The molecular weight excluding hydrogens is 296 g/mol. The first kappa shape index (κ1) is 15.2. The van der Waals surface area contributed by atoms with E-state index in [0.29, 0.717) is 38.0 Å². The van der Waals surface area contributed by atoms with Crippen LogP contribution in [0.2, 0.25) is 0 Å². The van der Waals surface area contributed by atoms with Crippen LogP contribution < -0.4 is 5.32 Å². The van der Waals surface area contributed by atoms with Crippen molar-refractivity contribution in [3.05, 3.63) is 0 Å². The lowest BCUT2D eigenvalue weighted by atomic mass is 9.54. The number of rotatable bonds is 2. The number of nitrogens with one attached hydrogen (secondary N) is 1. The average molecular weight is 322 g/mol. The van der Waals surface area contributed by atoms with E-state index in [0.717, 1.165) is 13.0 Å². The summed E-state index contributed by atoms with van der Waals surface area (Å²) in [5.74, 6) is -0.551. The Hall–Kier alpha value is -1.30. The molecule has 2 aliphatic heterocycles. The number of carboxylic acids is 1. The van der Waals surface area contributed by atoms with Crippen molar-refractivity contribution in [2.75, 3.05) is 19.7 Å². The Kier molecular flexibility index (Phi) is 3.75. The van der Waals surface area contributed by atoms with Gasteiger partial charge >= 0.3 is 12.0 Å². The molecule has 3 atom stereocenters. The van der Waals surface area contributed by atoms with Crippen LogP contribution in [0.1, 0.15) is 44.9 Å². The summed E-state index contributed by atoms with van der Waals surface area (Å²) in [7, 11) is 0. The summed E-state index contributed by atoms with van der Waals surface area (Å²) in [4.78, 5) is 25.5. The Morgan fingerprint density at radius 1 is 1.13 bits per heavy atom. The Morgan fingerprint density at radius 2 is 1.83 bits per heavy atom. The first-order valence-corrected chi connectivity index (χ1v) is 9.02. The second kappa shape index (κ2) is 5.65. The number of amides is 2. The van der Waals surface area contributed by atoms with Gasteiger partial charge in [-0.3, -0.25) is 4.79 Å². The summed E-state index contributed by atoms with van der Waals surface area (Å²) >= 11 is 0. The van der Waals surface area contributed by atoms with Crippen molar-refractivity contribution < 1.29 is 19.4 Å². The highest BCUT2D eigenvalue weighted by atomic mass is 16.5. The van der Waals surface area contributed by atoms with E-state index in [1.807, 2.05) is 0 Å². The van der Waals surface area contributed by atoms with Crippen LogP contribution in [0.3, 0.4) is 0 Å². The van der Waals surface area contributed by atoms with E-state index in [-0.39, 0.29) is 23.4 Å². The molecule has 2 saturated heterocycles. The fourth-order valence-electron chi connectivity index (χ4n) is 5.46. The summed E-state index contributed by atoms with van der Waals surface area (Å²) in [6, 6.07) is 0.248. The number of ether oxygens (including phenoxy) is 1. The molecule has 2 aliphatic carbocycles. The fourth-order valence-corrected chi connectivity index (χ4v) is 5.46. The van der Waals surface area contributed by atoms with Crippen LogP contribution in [-0.4, -0.2) is 53.8 Å². The van der Waals surface area contributed by atoms with Crippen LogP contribution in [0.4, 0.5) is 4.79 Å². The van der Waals surface area contributed by atoms with Crippen molar-refractivity contribution in [3.8, 4) is 0 Å². The average Bonchev–Trinajstić information content (AvgIpc) is 3.21. The molecular formula is C17H26N2O4. The standard InChI is InChI=1S/C17H26N2O4/c20-15(21)11-3-8-19(9-4-11)16(22)18-13-12-5-10-23-14(12)17(13)6-1-2-7-17/h11-14H,1-10H2,(H,18,22)(H,20,21). The Morgan fingerprint density at radius 3 is 2.48 bits per heavy atom. The summed E-state index contributed by atoms with van der Waals surface area (Å²) in [6.07, 6.45) is 7.35. The molecule has 3 unspecified atom stereocenters. The molecule has 128 valence electrons. The van der Waals surface area contributed by atoms with Crippen molar-refractivity contribution in [2.24, 2.45) is 17.3 Å². The molecule has 0 aromatic heterocycles. The van der Waals surface area contributed by atoms with Crippen LogP contribution in [0, 0.1) is 17.3 Å². The Labute approximate surface area is 136 Å². The van der Waals surface area contributed by atoms with E-state index in [2.05, 4.69) is 5.32 Å². The van der Waals surface area contributed by atoms with Gasteiger partial charge in [-0.05, 0) is 32.1 Å². The van der Waals surface area contributed by atoms with E-state index in [9.17, 15) is 9.59 Å². The summed E-state index contributed by atoms with van der Waals surface area (Å²) in [5.41, 5.74) is 0.177. The molecule has 0 bridgehead atoms. The van der Waals surface area contributed by atoms with Gasteiger partial charge in [-0.1, -0.05) is 12.8 Å². The third-order valence-electron chi connectivity index (χ3n) is 6.70. The molecule has 4 aliphatic rings. The quantitative estimate of drug-likeness (QED) is 0.813. The minimum absolute atomic E-state index is 0.00420. The van der Waals surface area contributed by atoms with E-state index < -0.39 is 5.97 Å². The molecule has 4 fully saturated rings. The van der Waals surface area contributed by atoms with Gasteiger partial charge in [0.15, 0.2) is 0 Å². The molecule has 23 heavy (non-hydrogen) atoms. The lowest BCUT2D eigenvalue weighted by molar-refractivity contribution is -0.143. The normalized spacial score (nSPS) is 35.8. The SMILES string of the molecule is O=C(O)C1CCN(C(=O)NC2C3CCOC3C23CCCC3)CC1. The molecule has 6 nitrogen and oxygen atoms in total. The van der Waals surface area contributed by atoms with E-state index in [1.54, 1.807) is 4.90 Å². The maximum atomic E-state index is 12.6. The number of nitrogens with zero attached hydrogens (tertiary/aromatic N) is 1. The van der Waals surface area contributed by atoms with Gasteiger partial charge < -0.3 is 20.1 Å². The number of carbonyl (C=O) groups excluding carboxylic acids is 1. The van der Waals surface area contributed by atoms with Crippen molar-refractivity contribution >= 4 is 12.0 Å². The number of urea groups is 1. The lowest BCUT2D eigenvalue weighted by Gasteiger charge is -2.57. The number of fused-ring (bicyclic) bond motifs is 2. The fraction of sp³-hybridized carbons (Fsp3) is 0.882. The highest BCUT2D eigenvalue weighted by molar-refractivity contribution is 5.76. The summed E-state index contributed by atoms with van der Waals surface area (Å²) < 4.78 is 5.96. The maximum Gasteiger partial charge on any atom is 0.317 e. The van der Waals surface area contributed by atoms with Crippen molar-refractivity contribution in [2.45, 2.75) is 57.1 Å². The minimum atomic E-state index is -0.736. The van der Waals surface area contributed by atoms with Gasteiger partial charge in [-0.25, -0.2) is 4.79 Å². The number of carbonyl (C=O) groups is 2. The smallest absolute Gasteiger partial charge is 0.317 e. The molecule has 6 heteroatoms. The monoisotopic (exact) mass is 322 g/mol. The Balaban J connectivity index is 1.38. The van der Waals surface area contributed by atoms with Gasteiger partial charge in [0.1, 0.15) is 0 Å². The van der Waals surface area contributed by atoms with Gasteiger partial charge in [0.2, 0.25) is 0 Å². The highest BCUT2D eigenvalue weighted by Gasteiger charge is 2.65. The van der Waals surface area contributed by atoms with E-state index in [1.165, 1.54) is 25.7 Å². The zero-order valence-corrected chi connectivity index (χ0v) is 13.5. The van der Waals surface area contributed by atoms with Gasteiger partial charge in [0.25, 0.3) is 0 Å². The first-order chi connectivity index (χ1) is 11.1. The molecule has 4 rings (SSSR count). The van der Waals surface area contributed by atoms with E-state index in [4.69, 9.17) is 9.84 Å². The molecule has 0 radical (unpaired) electrons. The van der Waals surface area contributed by atoms with Crippen LogP contribution >= 0.6 is 0 Å². The van der Waals surface area contributed by atoms with Crippen molar-refractivity contribution in [1.29, 1.82) is 0 Å². The zero-order valence-electron chi connectivity index (χ0n) is 13.5. The highest BCUT2D eigenvalue weighted by Crippen LogP contribution is 2.60. The third-order valence-corrected chi connectivity index (χ3v) is 6.70. The number of aliphatic carboxylic acids is 1. The van der Waals surface area contributed by atoms with Gasteiger partial charge in [0, 0.05) is 37.1 Å². The third kappa shape index (κ3) is 2.33. The predicted molar refractivity (Wildman–Crippen MR) is 83.0 cm³/mol. The van der Waals surface area contributed by atoms with Crippen molar-refractivity contribution in [3.63, 3.8) is 0 Å². The lowest BCUT2D eigenvalue weighted by Crippen LogP contribution is -2.69. The minimum Gasteiger partial charge on any atom is -0.481 e. The van der Waals surface area contributed by atoms with Gasteiger partial charge in [-0.15, -0.1) is 0 Å². The maximum absolute atomic E-state index is 12.6. The largest absolute Gasteiger partial charge is 0.481 e. The molecule has 0 aromatic carbocycles. The predicted octanol–water partition coefficient (Wildman–Crippen LogP) is 1.84. The topological polar surface area (TPSA) is 78.9 Å². The second-order valence-corrected chi connectivity index (χ2v) is 7.71. The number of hydrogen-bond acceptors (Lipinski definition) is 3. The first-order valence-electron chi connectivity index (χ1n) is 9.02. The van der Waals surface area contributed by atoms with Gasteiger partial charge in [0.05, 0.1) is 12.0 Å². The van der Waals surface area contributed by atoms with Crippen molar-refractivity contribution in [1.82, 2.24) is 10.2 Å². The summed E-state index contributed by atoms with van der Waals surface area (Å²) in [5, 5.41) is 12.4. The summed E-state index contributed by atoms with van der Waals surface area (Å²) in [6.45, 7) is 1.92. The van der Waals surface area contributed by atoms with Crippen LogP contribution in [0.15, 0.2) is 0 Å². The molecule has 2 amide bonds. The van der Waals surface area contributed by atoms with Crippen LogP contribution in [-0.2, 0) is 9.53 Å². The van der Waals surface area contributed by atoms with Gasteiger partial charge in [-0.2, -0.15) is 0 Å². The van der Waals surface area contributed by atoms with E-state index >= 15 is 0 Å². The molecule has 0 aromatic rings. The van der Waals surface area contributed by atoms with Crippen LogP contribution in [0.25, 0.3) is 0 Å². The molecule has 2 saturated carbocycles. The number of carboxylic acid groups (broad SMARTS) is 1. The molecule has 1 spiro atoms. The second-order valence-electron chi connectivity index (χ2n) is 7.71. The molecule has 2 heterocycles. The molecule has 2 N–H and O–H groups in total. The zero-order chi connectivity index (χ0) is 16.0. The number of hydrogen-bond donors (Lipinski definition) is 2. The number of piperidine rings is 1. The van der Waals surface area contributed by atoms with Crippen LogP contribution in [0.5, 0.6) is 0 Å².